The van der Waals surface area contributed by atoms with Gasteiger partial charge in [0.1, 0.15) is 5.75 Å². The van der Waals surface area contributed by atoms with Crippen molar-refractivity contribution >= 4 is 57.6 Å². The summed E-state index contributed by atoms with van der Waals surface area (Å²) in [6, 6.07) is 8.75. The van der Waals surface area contributed by atoms with Crippen molar-refractivity contribution in [1.82, 2.24) is 4.98 Å². The number of hydrogen-bond acceptors (Lipinski definition) is 6. The number of methoxy groups -OCH3 is 2. The molecule has 0 unspecified atom stereocenters. The van der Waals surface area contributed by atoms with Gasteiger partial charge in [0.25, 0.3) is 5.91 Å². The standard InChI is InChI=1S/C25H24Cl2N2O5S/c1-14(24(31)32)10-18-19(26)11-16(12-20(18)27)23(30)29-25-28-21(13-35-25)17-8-4-6-15(22(17)34-3)7-5-9-33-2/h4,6,8,10-13H,5,7,9H2,1-3H3,(H,31,32)(H,28,29,30)/b14-10+. The van der Waals surface area contributed by atoms with E-state index in [0.29, 0.717) is 23.0 Å². The Bertz CT molecular complexity index is 1250. The van der Waals surface area contributed by atoms with Gasteiger partial charge in [-0.2, -0.15) is 0 Å². The molecular weight excluding hydrogens is 511 g/mol. The minimum absolute atomic E-state index is 0.0690. The molecule has 0 spiro atoms. The normalized spacial score (nSPS) is 11.4. The van der Waals surface area contributed by atoms with Crippen LogP contribution >= 0.6 is 34.5 Å². The van der Waals surface area contributed by atoms with Crippen LogP contribution in [0.1, 0.15) is 34.8 Å². The monoisotopic (exact) mass is 534 g/mol. The summed E-state index contributed by atoms with van der Waals surface area (Å²) in [6.45, 7) is 2.09. The van der Waals surface area contributed by atoms with Crippen molar-refractivity contribution in [3.63, 3.8) is 0 Å². The van der Waals surface area contributed by atoms with Crippen molar-refractivity contribution in [3.8, 4) is 17.0 Å². The van der Waals surface area contributed by atoms with Crippen molar-refractivity contribution in [2.75, 3.05) is 26.1 Å². The van der Waals surface area contributed by atoms with Gasteiger partial charge in [0.05, 0.1) is 22.8 Å². The van der Waals surface area contributed by atoms with E-state index in [-0.39, 0.29) is 21.2 Å². The second kappa shape index (κ2) is 12.2. The zero-order chi connectivity index (χ0) is 25.5. The second-order valence-electron chi connectivity index (χ2n) is 7.57. The van der Waals surface area contributed by atoms with Gasteiger partial charge < -0.3 is 14.6 Å². The topological polar surface area (TPSA) is 97.8 Å². The molecular formula is C25H24Cl2N2O5S. The smallest absolute Gasteiger partial charge is 0.331 e. The number of nitrogens with one attached hydrogen (secondary N) is 1. The van der Waals surface area contributed by atoms with E-state index in [0.717, 1.165) is 29.7 Å². The van der Waals surface area contributed by atoms with Crippen LogP contribution in [0.4, 0.5) is 5.13 Å². The number of ether oxygens (including phenoxy) is 2. The SMILES string of the molecule is COCCCc1cccc(-c2csc(NC(=O)c3cc(Cl)c(/C=C(\C)C(=O)O)c(Cl)c3)n2)c1OC. The van der Waals surface area contributed by atoms with Crippen molar-refractivity contribution in [2.24, 2.45) is 0 Å². The van der Waals surface area contributed by atoms with E-state index < -0.39 is 11.9 Å². The summed E-state index contributed by atoms with van der Waals surface area (Å²) in [5.74, 6) is -0.790. The van der Waals surface area contributed by atoms with Crippen LogP contribution < -0.4 is 10.1 Å². The number of para-hydroxylation sites is 1. The number of amides is 1. The van der Waals surface area contributed by atoms with Crippen LogP contribution in [0.25, 0.3) is 17.3 Å². The lowest BCUT2D eigenvalue weighted by Crippen LogP contribution is -2.12. The average molecular weight is 535 g/mol. The highest BCUT2D eigenvalue weighted by Gasteiger charge is 2.17. The molecule has 1 amide bonds. The maximum Gasteiger partial charge on any atom is 0.331 e. The molecule has 184 valence electrons. The zero-order valence-electron chi connectivity index (χ0n) is 19.4. The molecule has 0 aliphatic rings. The minimum atomic E-state index is -1.09. The molecule has 2 N–H and O–H groups in total. The molecule has 10 heteroatoms. The van der Waals surface area contributed by atoms with Crippen LogP contribution in [-0.2, 0) is 16.0 Å². The van der Waals surface area contributed by atoms with E-state index in [1.807, 2.05) is 23.6 Å². The number of thiazole rings is 1. The predicted molar refractivity (Wildman–Crippen MR) is 140 cm³/mol. The summed E-state index contributed by atoms with van der Waals surface area (Å²) in [7, 11) is 3.30. The molecule has 1 heterocycles. The average Bonchev–Trinajstić information content (AvgIpc) is 3.29. The number of benzene rings is 2. The van der Waals surface area contributed by atoms with Gasteiger partial charge in [0, 0.05) is 41.4 Å². The predicted octanol–water partition coefficient (Wildman–Crippen LogP) is 6.44. The van der Waals surface area contributed by atoms with Crippen molar-refractivity contribution in [1.29, 1.82) is 0 Å². The molecule has 0 saturated heterocycles. The number of halogens is 2. The quantitative estimate of drug-likeness (QED) is 0.229. The fourth-order valence-corrected chi connectivity index (χ4v) is 4.69. The molecule has 1 aromatic heterocycles. The summed E-state index contributed by atoms with van der Waals surface area (Å²) >= 11 is 13.8. The van der Waals surface area contributed by atoms with Gasteiger partial charge in [-0.25, -0.2) is 9.78 Å². The Kier molecular flexibility index (Phi) is 9.28. The third-order valence-electron chi connectivity index (χ3n) is 5.14. The highest BCUT2D eigenvalue weighted by Crippen LogP contribution is 2.36. The summed E-state index contributed by atoms with van der Waals surface area (Å²) in [6.07, 6.45) is 3.03. The Labute approximate surface area is 217 Å². The van der Waals surface area contributed by atoms with Crippen LogP contribution in [-0.4, -0.2) is 42.8 Å². The van der Waals surface area contributed by atoms with Gasteiger partial charge in [-0.3, -0.25) is 10.1 Å². The summed E-state index contributed by atoms with van der Waals surface area (Å²) in [5.41, 5.74) is 3.18. The van der Waals surface area contributed by atoms with Gasteiger partial charge in [0.15, 0.2) is 5.13 Å². The van der Waals surface area contributed by atoms with Gasteiger partial charge >= 0.3 is 5.97 Å². The van der Waals surface area contributed by atoms with E-state index in [1.54, 1.807) is 14.2 Å². The van der Waals surface area contributed by atoms with Crippen LogP contribution in [0, 0.1) is 0 Å². The number of carbonyl (C=O) groups is 2. The summed E-state index contributed by atoms with van der Waals surface area (Å²) in [4.78, 5) is 28.5. The molecule has 3 aromatic rings. The number of rotatable bonds is 10. The molecule has 0 aliphatic heterocycles. The highest BCUT2D eigenvalue weighted by atomic mass is 35.5. The van der Waals surface area contributed by atoms with E-state index >= 15 is 0 Å². The van der Waals surface area contributed by atoms with Crippen LogP contribution in [0.2, 0.25) is 10.0 Å². The molecule has 0 radical (unpaired) electrons. The van der Waals surface area contributed by atoms with E-state index in [9.17, 15) is 9.59 Å². The molecule has 35 heavy (non-hydrogen) atoms. The molecule has 2 aromatic carbocycles. The first-order chi connectivity index (χ1) is 16.7. The van der Waals surface area contributed by atoms with Gasteiger partial charge in [0.2, 0.25) is 0 Å². The Balaban J connectivity index is 1.81. The van der Waals surface area contributed by atoms with Crippen molar-refractivity contribution < 1.29 is 24.2 Å². The number of carboxylic acids is 1. The molecule has 3 rings (SSSR count). The summed E-state index contributed by atoms with van der Waals surface area (Å²) in [5, 5.41) is 14.4. The Morgan fingerprint density at radius 3 is 2.54 bits per heavy atom. The van der Waals surface area contributed by atoms with Gasteiger partial charge in [-0.15, -0.1) is 11.3 Å². The third kappa shape index (κ3) is 6.61. The van der Waals surface area contributed by atoms with Crippen molar-refractivity contribution in [2.45, 2.75) is 19.8 Å². The fourth-order valence-electron chi connectivity index (χ4n) is 3.39. The Morgan fingerprint density at radius 2 is 1.91 bits per heavy atom. The zero-order valence-corrected chi connectivity index (χ0v) is 21.7. The number of carboxylic acid groups (broad SMARTS) is 1. The second-order valence-corrected chi connectivity index (χ2v) is 9.24. The molecule has 7 nitrogen and oxygen atoms in total. The van der Waals surface area contributed by atoms with Gasteiger partial charge in [-0.05, 0) is 49.6 Å². The van der Waals surface area contributed by atoms with Crippen LogP contribution in [0.5, 0.6) is 5.75 Å². The maximum atomic E-state index is 12.8. The molecule has 0 fully saturated rings. The lowest BCUT2D eigenvalue weighted by molar-refractivity contribution is -0.132. The first-order valence-corrected chi connectivity index (χ1v) is 12.2. The molecule has 0 atom stereocenters. The number of anilines is 1. The lowest BCUT2D eigenvalue weighted by Gasteiger charge is -2.12. The van der Waals surface area contributed by atoms with Gasteiger partial charge in [-0.1, -0.05) is 35.3 Å². The molecule has 0 bridgehead atoms. The maximum absolute atomic E-state index is 12.8. The van der Waals surface area contributed by atoms with Crippen molar-refractivity contribution in [3.05, 3.63) is 68.0 Å². The number of nitrogens with zero attached hydrogens (tertiary/aromatic N) is 1. The lowest BCUT2D eigenvalue weighted by atomic mass is 10.0. The number of aryl methyl sites for hydroxylation is 1. The number of carbonyl (C=O) groups excluding carboxylic acids is 1. The first-order valence-electron chi connectivity index (χ1n) is 10.6. The number of hydrogen-bond donors (Lipinski definition) is 2. The highest BCUT2D eigenvalue weighted by molar-refractivity contribution is 7.14. The molecule has 0 saturated carbocycles. The third-order valence-corrected chi connectivity index (χ3v) is 6.52. The van der Waals surface area contributed by atoms with Crippen LogP contribution in [0.3, 0.4) is 0 Å². The summed E-state index contributed by atoms with van der Waals surface area (Å²) < 4.78 is 10.8. The molecule has 0 aliphatic carbocycles. The fraction of sp³-hybridized carbons (Fsp3) is 0.240. The Morgan fingerprint density at radius 1 is 1.20 bits per heavy atom. The Hall–Kier alpha value is -2.91. The minimum Gasteiger partial charge on any atom is -0.496 e. The van der Waals surface area contributed by atoms with Crippen LogP contribution in [0.15, 0.2) is 41.3 Å². The number of aliphatic carboxylic acids is 1. The first kappa shape index (κ1) is 26.7. The number of aromatic nitrogens is 1. The van der Waals surface area contributed by atoms with E-state index in [2.05, 4.69) is 10.3 Å². The van der Waals surface area contributed by atoms with E-state index in [4.69, 9.17) is 37.8 Å². The largest absolute Gasteiger partial charge is 0.496 e. The van der Waals surface area contributed by atoms with E-state index in [1.165, 1.54) is 36.5 Å².